The van der Waals surface area contributed by atoms with Gasteiger partial charge >= 0.3 is 5.69 Å². The molecule has 2 heterocycles. The van der Waals surface area contributed by atoms with E-state index in [1.807, 2.05) is 0 Å². The SMILES string of the molecule is Nc1ccn(CO)c(=O)n1.OCC1CO1. The standard InChI is InChI=1S/C5H7N3O2.C3H6O2/c6-4-1-2-8(3-9)5(10)7-4;4-1-3-2-5-3/h1-2,9H,3H2,(H2,6,7,10);3-4H,1-2H2. The molecule has 7 heteroatoms. The zero-order chi connectivity index (χ0) is 11.3. The van der Waals surface area contributed by atoms with E-state index in [4.69, 9.17) is 15.9 Å². The number of nitrogen functional groups attached to an aromatic ring is 1. The number of aromatic nitrogens is 2. The molecule has 15 heavy (non-hydrogen) atoms. The molecule has 1 unspecified atom stereocenters. The van der Waals surface area contributed by atoms with E-state index < -0.39 is 5.69 Å². The molecule has 1 atom stereocenters. The third kappa shape index (κ3) is 4.07. The Labute approximate surface area is 85.7 Å². The Kier molecular flexibility index (Phi) is 4.22. The van der Waals surface area contributed by atoms with Gasteiger partial charge in [-0.05, 0) is 6.07 Å². The van der Waals surface area contributed by atoms with E-state index in [9.17, 15) is 4.79 Å². The Bertz CT molecular complexity index is 361. The van der Waals surface area contributed by atoms with Gasteiger partial charge in [-0.25, -0.2) is 4.79 Å². The van der Waals surface area contributed by atoms with Crippen LogP contribution in [0.1, 0.15) is 0 Å². The van der Waals surface area contributed by atoms with Gasteiger partial charge in [0.05, 0.1) is 13.2 Å². The lowest BCUT2D eigenvalue weighted by Crippen LogP contribution is -2.22. The second-order valence-electron chi connectivity index (χ2n) is 2.88. The van der Waals surface area contributed by atoms with Gasteiger partial charge in [0.15, 0.2) is 0 Å². The second kappa shape index (κ2) is 5.44. The van der Waals surface area contributed by atoms with Crippen molar-refractivity contribution in [1.29, 1.82) is 0 Å². The molecule has 0 radical (unpaired) electrons. The molecule has 0 aliphatic carbocycles. The van der Waals surface area contributed by atoms with Crippen molar-refractivity contribution in [3.05, 3.63) is 22.7 Å². The maximum absolute atomic E-state index is 10.7. The molecule has 0 aromatic carbocycles. The quantitative estimate of drug-likeness (QED) is 0.499. The Morgan fingerprint density at radius 2 is 2.33 bits per heavy atom. The van der Waals surface area contributed by atoms with Crippen molar-refractivity contribution in [1.82, 2.24) is 9.55 Å². The summed E-state index contributed by atoms with van der Waals surface area (Å²) in [7, 11) is 0. The molecule has 0 spiro atoms. The Morgan fingerprint density at radius 1 is 1.67 bits per heavy atom. The number of epoxide rings is 1. The van der Waals surface area contributed by atoms with E-state index in [0.29, 0.717) is 0 Å². The van der Waals surface area contributed by atoms with Crippen molar-refractivity contribution in [3.8, 4) is 0 Å². The van der Waals surface area contributed by atoms with Crippen LogP contribution in [0.3, 0.4) is 0 Å². The highest BCUT2D eigenvalue weighted by Crippen LogP contribution is 2.04. The zero-order valence-corrected chi connectivity index (χ0v) is 8.04. The molecular weight excluding hydrogens is 202 g/mol. The van der Waals surface area contributed by atoms with Crippen LogP contribution < -0.4 is 11.4 Å². The first-order valence-electron chi connectivity index (χ1n) is 4.33. The minimum Gasteiger partial charge on any atom is -0.394 e. The average Bonchev–Trinajstić information content (AvgIpc) is 3.02. The predicted octanol–water partition coefficient (Wildman–Crippen LogP) is -1.85. The van der Waals surface area contributed by atoms with Crippen LogP contribution in [0.25, 0.3) is 0 Å². The number of rotatable bonds is 2. The molecule has 7 nitrogen and oxygen atoms in total. The fourth-order valence-electron chi connectivity index (χ4n) is 0.723. The molecule has 1 saturated heterocycles. The predicted molar refractivity (Wildman–Crippen MR) is 52.0 cm³/mol. The number of aliphatic hydroxyl groups excluding tert-OH is 2. The highest BCUT2D eigenvalue weighted by molar-refractivity contribution is 5.23. The first-order chi connectivity index (χ1) is 7.17. The smallest absolute Gasteiger partial charge is 0.351 e. The van der Waals surface area contributed by atoms with E-state index in [1.165, 1.54) is 12.3 Å². The summed E-state index contributed by atoms with van der Waals surface area (Å²) in [4.78, 5) is 14.1. The number of ether oxygens (including phenoxy) is 1. The Hall–Kier alpha value is -1.44. The van der Waals surface area contributed by atoms with Crippen LogP contribution in [0.15, 0.2) is 17.1 Å². The second-order valence-corrected chi connectivity index (χ2v) is 2.88. The highest BCUT2D eigenvalue weighted by Gasteiger charge is 2.19. The van der Waals surface area contributed by atoms with Crippen LogP contribution in [0, 0.1) is 0 Å². The minimum atomic E-state index is -0.539. The summed E-state index contributed by atoms with van der Waals surface area (Å²) >= 11 is 0. The molecule has 0 saturated carbocycles. The molecule has 1 aromatic heterocycles. The van der Waals surface area contributed by atoms with E-state index >= 15 is 0 Å². The lowest BCUT2D eigenvalue weighted by atomic mass is 10.5. The van der Waals surface area contributed by atoms with E-state index in [0.717, 1.165) is 11.2 Å². The summed E-state index contributed by atoms with van der Waals surface area (Å²) in [5.74, 6) is 0.162. The van der Waals surface area contributed by atoms with Crippen molar-refractivity contribution in [3.63, 3.8) is 0 Å². The van der Waals surface area contributed by atoms with Gasteiger partial charge in [0.1, 0.15) is 18.7 Å². The van der Waals surface area contributed by atoms with Gasteiger partial charge < -0.3 is 20.7 Å². The minimum absolute atomic E-state index is 0.162. The number of hydrogen-bond acceptors (Lipinski definition) is 6. The van der Waals surface area contributed by atoms with Crippen molar-refractivity contribution >= 4 is 5.82 Å². The van der Waals surface area contributed by atoms with Gasteiger partial charge in [-0.2, -0.15) is 4.98 Å². The monoisotopic (exact) mass is 215 g/mol. The molecule has 0 amide bonds. The Morgan fingerprint density at radius 3 is 2.67 bits per heavy atom. The number of anilines is 1. The normalized spacial score (nSPS) is 17.9. The van der Waals surface area contributed by atoms with Gasteiger partial charge in [0, 0.05) is 6.20 Å². The Balaban J connectivity index is 0.000000187. The van der Waals surface area contributed by atoms with Crippen LogP contribution >= 0.6 is 0 Å². The number of nitrogens with two attached hydrogens (primary N) is 1. The van der Waals surface area contributed by atoms with Crippen molar-refractivity contribution in [2.45, 2.75) is 12.8 Å². The van der Waals surface area contributed by atoms with Gasteiger partial charge in [-0.1, -0.05) is 0 Å². The van der Waals surface area contributed by atoms with Crippen molar-refractivity contribution < 1.29 is 14.9 Å². The molecular formula is C8H13N3O4. The maximum atomic E-state index is 10.7. The summed E-state index contributed by atoms with van der Waals surface area (Å²) in [5.41, 5.74) is 4.64. The highest BCUT2D eigenvalue weighted by atomic mass is 16.6. The zero-order valence-electron chi connectivity index (χ0n) is 8.04. The molecule has 84 valence electrons. The number of nitrogens with zero attached hydrogens (tertiary/aromatic N) is 2. The summed E-state index contributed by atoms with van der Waals surface area (Å²) in [6, 6.07) is 1.44. The molecule has 1 aromatic rings. The third-order valence-corrected chi connectivity index (χ3v) is 1.65. The van der Waals surface area contributed by atoms with E-state index in [-0.39, 0.29) is 25.3 Å². The largest absolute Gasteiger partial charge is 0.394 e. The lowest BCUT2D eigenvalue weighted by molar-refractivity contribution is 0.204. The summed E-state index contributed by atoms with van der Waals surface area (Å²) in [6.07, 6.45) is 1.57. The van der Waals surface area contributed by atoms with Gasteiger partial charge in [-0.3, -0.25) is 4.57 Å². The molecule has 0 bridgehead atoms. The molecule has 1 aliphatic heterocycles. The average molecular weight is 215 g/mol. The van der Waals surface area contributed by atoms with E-state index in [1.54, 1.807) is 0 Å². The molecule has 4 N–H and O–H groups in total. The lowest BCUT2D eigenvalue weighted by Gasteiger charge is -1.97. The van der Waals surface area contributed by atoms with Crippen molar-refractivity contribution in [2.75, 3.05) is 18.9 Å². The van der Waals surface area contributed by atoms with Gasteiger partial charge in [0.2, 0.25) is 0 Å². The van der Waals surface area contributed by atoms with Crippen molar-refractivity contribution in [2.24, 2.45) is 0 Å². The summed E-state index contributed by atoms with van der Waals surface area (Å²) in [6.45, 7) is 0.586. The third-order valence-electron chi connectivity index (χ3n) is 1.65. The number of aliphatic hydroxyl groups is 2. The number of hydrogen-bond donors (Lipinski definition) is 3. The van der Waals surface area contributed by atoms with Crippen LogP contribution in [-0.2, 0) is 11.5 Å². The van der Waals surface area contributed by atoms with Crippen LogP contribution in [-0.4, -0.2) is 39.1 Å². The van der Waals surface area contributed by atoms with Crippen LogP contribution in [0.2, 0.25) is 0 Å². The maximum Gasteiger partial charge on any atom is 0.351 e. The van der Waals surface area contributed by atoms with Gasteiger partial charge in [-0.15, -0.1) is 0 Å². The van der Waals surface area contributed by atoms with Gasteiger partial charge in [0.25, 0.3) is 0 Å². The van der Waals surface area contributed by atoms with Crippen LogP contribution in [0.4, 0.5) is 5.82 Å². The summed E-state index contributed by atoms with van der Waals surface area (Å²) in [5, 5.41) is 16.6. The first kappa shape index (κ1) is 11.6. The van der Waals surface area contributed by atoms with Crippen LogP contribution in [0.5, 0.6) is 0 Å². The molecule has 1 fully saturated rings. The molecule has 2 rings (SSSR count). The fourth-order valence-corrected chi connectivity index (χ4v) is 0.723. The van der Waals surface area contributed by atoms with E-state index in [2.05, 4.69) is 9.72 Å². The first-order valence-corrected chi connectivity index (χ1v) is 4.33. The molecule has 1 aliphatic rings. The summed E-state index contributed by atoms with van der Waals surface area (Å²) < 4.78 is 5.65. The fraction of sp³-hybridized carbons (Fsp3) is 0.500. The topological polar surface area (TPSA) is 114 Å².